The van der Waals surface area contributed by atoms with E-state index in [9.17, 15) is 0 Å². The second-order valence-corrected chi connectivity index (χ2v) is 4.84. The van der Waals surface area contributed by atoms with Crippen LogP contribution in [-0.4, -0.2) is 17.0 Å². The van der Waals surface area contributed by atoms with Crippen molar-refractivity contribution in [3.8, 4) is 5.88 Å². The minimum absolute atomic E-state index is 0.665. The lowest BCUT2D eigenvalue weighted by Crippen LogP contribution is -2.16. The van der Waals surface area contributed by atoms with Gasteiger partial charge in [-0.15, -0.1) is 0 Å². The SMILES string of the molecule is COc1cccc(CN2Cc3ccc(N)cc3C2)n1. The number of fused-ring (bicyclic) bond motifs is 1. The van der Waals surface area contributed by atoms with Gasteiger partial charge in [-0.25, -0.2) is 4.98 Å². The summed E-state index contributed by atoms with van der Waals surface area (Å²) in [5, 5.41) is 0. The maximum Gasteiger partial charge on any atom is 0.213 e. The van der Waals surface area contributed by atoms with Gasteiger partial charge in [0.05, 0.1) is 12.8 Å². The van der Waals surface area contributed by atoms with Gasteiger partial charge in [-0.1, -0.05) is 12.1 Å². The van der Waals surface area contributed by atoms with Crippen molar-refractivity contribution in [1.29, 1.82) is 0 Å². The molecule has 1 aromatic heterocycles. The van der Waals surface area contributed by atoms with Gasteiger partial charge >= 0.3 is 0 Å². The molecule has 0 amide bonds. The number of nitrogens with two attached hydrogens (primary N) is 1. The van der Waals surface area contributed by atoms with Crippen LogP contribution in [0.15, 0.2) is 36.4 Å². The number of aromatic nitrogens is 1. The smallest absolute Gasteiger partial charge is 0.213 e. The predicted octanol–water partition coefficient (Wildman–Crippen LogP) is 2.19. The van der Waals surface area contributed by atoms with Gasteiger partial charge in [0, 0.05) is 31.4 Å². The van der Waals surface area contributed by atoms with Crippen LogP contribution < -0.4 is 10.5 Å². The first kappa shape index (κ1) is 12.0. The topological polar surface area (TPSA) is 51.4 Å². The average Bonchev–Trinajstić information content (AvgIpc) is 2.80. The number of nitrogens with zero attached hydrogens (tertiary/aromatic N) is 2. The van der Waals surface area contributed by atoms with E-state index in [4.69, 9.17) is 10.5 Å². The summed E-state index contributed by atoms with van der Waals surface area (Å²) in [6, 6.07) is 12.0. The Morgan fingerprint density at radius 1 is 1.21 bits per heavy atom. The van der Waals surface area contributed by atoms with E-state index in [1.54, 1.807) is 7.11 Å². The molecule has 1 aliphatic heterocycles. The number of anilines is 1. The molecule has 0 saturated carbocycles. The number of pyridine rings is 1. The van der Waals surface area contributed by atoms with Gasteiger partial charge in [0.2, 0.25) is 5.88 Å². The number of hydrogen-bond acceptors (Lipinski definition) is 4. The quantitative estimate of drug-likeness (QED) is 0.854. The van der Waals surface area contributed by atoms with E-state index in [-0.39, 0.29) is 0 Å². The molecule has 98 valence electrons. The maximum atomic E-state index is 5.82. The molecular weight excluding hydrogens is 238 g/mol. The van der Waals surface area contributed by atoms with Crippen molar-refractivity contribution in [2.45, 2.75) is 19.6 Å². The molecule has 0 spiro atoms. The fourth-order valence-electron chi connectivity index (χ4n) is 2.49. The Bertz CT molecular complexity index is 598. The summed E-state index contributed by atoms with van der Waals surface area (Å²) in [6.07, 6.45) is 0. The highest BCUT2D eigenvalue weighted by atomic mass is 16.5. The fourth-order valence-corrected chi connectivity index (χ4v) is 2.49. The molecule has 19 heavy (non-hydrogen) atoms. The molecule has 0 saturated heterocycles. The molecule has 0 bridgehead atoms. The first-order valence-corrected chi connectivity index (χ1v) is 6.34. The molecule has 0 atom stereocenters. The van der Waals surface area contributed by atoms with Crippen LogP contribution in [0.1, 0.15) is 16.8 Å². The van der Waals surface area contributed by atoms with Crippen LogP contribution in [0.4, 0.5) is 5.69 Å². The van der Waals surface area contributed by atoms with Crippen molar-refractivity contribution in [2.24, 2.45) is 0 Å². The zero-order valence-corrected chi connectivity index (χ0v) is 11.0. The summed E-state index contributed by atoms with van der Waals surface area (Å²) < 4.78 is 5.15. The van der Waals surface area contributed by atoms with E-state index >= 15 is 0 Å². The van der Waals surface area contributed by atoms with Gasteiger partial charge < -0.3 is 10.5 Å². The maximum absolute atomic E-state index is 5.82. The fraction of sp³-hybridized carbons (Fsp3) is 0.267. The molecule has 1 aromatic carbocycles. The molecule has 0 fully saturated rings. The molecule has 0 unspecified atom stereocenters. The van der Waals surface area contributed by atoms with Crippen LogP contribution in [-0.2, 0) is 19.6 Å². The number of hydrogen-bond donors (Lipinski definition) is 1. The summed E-state index contributed by atoms with van der Waals surface area (Å²) in [5.41, 5.74) is 10.4. The van der Waals surface area contributed by atoms with E-state index in [2.05, 4.69) is 22.0 Å². The number of methoxy groups -OCH3 is 1. The van der Waals surface area contributed by atoms with Crippen LogP contribution in [0.3, 0.4) is 0 Å². The normalized spacial score (nSPS) is 14.4. The van der Waals surface area contributed by atoms with Gasteiger partial charge in [-0.05, 0) is 29.3 Å². The number of ether oxygens (including phenoxy) is 1. The lowest BCUT2D eigenvalue weighted by molar-refractivity contribution is 0.270. The second-order valence-electron chi connectivity index (χ2n) is 4.84. The Hall–Kier alpha value is -2.07. The molecule has 3 rings (SSSR count). The van der Waals surface area contributed by atoms with Gasteiger partial charge in [-0.2, -0.15) is 0 Å². The highest BCUT2D eigenvalue weighted by molar-refractivity contribution is 5.46. The summed E-state index contributed by atoms with van der Waals surface area (Å²) >= 11 is 0. The van der Waals surface area contributed by atoms with Crippen molar-refractivity contribution in [3.63, 3.8) is 0 Å². The molecule has 4 heteroatoms. The molecule has 4 nitrogen and oxygen atoms in total. The van der Waals surface area contributed by atoms with Crippen molar-refractivity contribution in [3.05, 3.63) is 53.2 Å². The number of benzene rings is 1. The summed E-state index contributed by atoms with van der Waals surface area (Å²) in [4.78, 5) is 6.80. The summed E-state index contributed by atoms with van der Waals surface area (Å²) in [6.45, 7) is 2.71. The van der Waals surface area contributed by atoms with E-state index < -0.39 is 0 Å². The molecule has 2 N–H and O–H groups in total. The van der Waals surface area contributed by atoms with E-state index in [1.165, 1.54) is 11.1 Å². The Morgan fingerprint density at radius 2 is 2.05 bits per heavy atom. The monoisotopic (exact) mass is 255 g/mol. The van der Waals surface area contributed by atoms with Crippen LogP contribution in [0.5, 0.6) is 5.88 Å². The van der Waals surface area contributed by atoms with Gasteiger partial charge in [0.15, 0.2) is 0 Å². The first-order chi connectivity index (χ1) is 9.24. The second kappa shape index (κ2) is 4.90. The molecule has 2 heterocycles. The minimum atomic E-state index is 0.665. The van der Waals surface area contributed by atoms with E-state index in [0.29, 0.717) is 5.88 Å². The van der Waals surface area contributed by atoms with Gasteiger partial charge in [0.1, 0.15) is 0 Å². The third-order valence-electron chi connectivity index (χ3n) is 3.39. The van der Waals surface area contributed by atoms with Crippen LogP contribution in [0.2, 0.25) is 0 Å². The number of nitrogen functional groups attached to an aromatic ring is 1. The van der Waals surface area contributed by atoms with E-state index in [1.807, 2.05) is 24.3 Å². The molecule has 0 aliphatic carbocycles. The number of rotatable bonds is 3. The lowest BCUT2D eigenvalue weighted by atomic mass is 10.1. The zero-order valence-electron chi connectivity index (χ0n) is 11.0. The highest BCUT2D eigenvalue weighted by Gasteiger charge is 2.19. The largest absolute Gasteiger partial charge is 0.481 e. The molecule has 0 radical (unpaired) electrons. The third-order valence-corrected chi connectivity index (χ3v) is 3.39. The Morgan fingerprint density at radius 3 is 2.89 bits per heavy atom. The predicted molar refractivity (Wildman–Crippen MR) is 74.6 cm³/mol. The van der Waals surface area contributed by atoms with Crippen LogP contribution in [0, 0.1) is 0 Å². The Labute approximate surface area is 112 Å². The van der Waals surface area contributed by atoms with Crippen LogP contribution >= 0.6 is 0 Å². The zero-order chi connectivity index (χ0) is 13.2. The Kier molecular flexibility index (Phi) is 3.09. The standard InChI is InChI=1S/C15H17N3O/c1-19-15-4-2-3-14(17-15)10-18-8-11-5-6-13(16)7-12(11)9-18/h2-7H,8-10,16H2,1H3. The molecule has 2 aromatic rings. The van der Waals surface area contributed by atoms with Crippen molar-refractivity contribution in [1.82, 2.24) is 9.88 Å². The van der Waals surface area contributed by atoms with Crippen molar-refractivity contribution >= 4 is 5.69 Å². The summed E-state index contributed by atoms with van der Waals surface area (Å²) in [5.74, 6) is 0.665. The minimum Gasteiger partial charge on any atom is -0.481 e. The molecule has 1 aliphatic rings. The van der Waals surface area contributed by atoms with Crippen molar-refractivity contribution in [2.75, 3.05) is 12.8 Å². The summed E-state index contributed by atoms with van der Waals surface area (Å²) in [7, 11) is 1.64. The van der Waals surface area contributed by atoms with Crippen LogP contribution in [0.25, 0.3) is 0 Å². The van der Waals surface area contributed by atoms with Gasteiger partial charge in [0.25, 0.3) is 0 Å². The van der Waals surface area contributed by atoms with Crippen molar-refractivity contribution < 1.29 is 4.74 Å². The first-order valence-electron chi connectivity index (χ1n) is 6.34. The average molecular weight is 255 g/mol. The van der Waals surface area contributed by atoms with Gasteiger partial charge in [-0.3, -0.25) is 4.90 Å². The van der Waals surface area contributed by atoms with E-state index in [0.717, 1.165) is 31.0 Å². The highest BCUT2D eigenvalue weighted by Crippen LogP contribution is 2.25. The lowest BCUT2D eigenvalue weighted by Gasteiger charge is -2.14. The third kappa shape index (κ3) is 2.53. The molecular formula is C15H17N3O. The Balaban J connectivity index is 1.73.